The highest BCUT2D eigenvalue weighted by atomic mass is 16.4. The van der Waals surface area contributed by atoms with Crippen LogP contribution in [0.15, 0.2) is 0 Å². The molecule has 12 heavy (non-hydrogen) atoms. The molecule has 0 unspecified atom stereocenters. The van der Waals surface area contributed by atoms with Crippen LogP contribution in [0.2, 0.25) is 0 Å². The molecule has 0 rings (SSSR count). The molecule has 5 heteroatoms. The molecule has 0 spiro atoms. The first-order valence-electron chi connectivity index (χ1n) is 3.63. The van der Waals surface area contributed by atoms with E-state index in [1.54, 1.807) is 0 Å². The Morgan fingerprint density at radius 2 is 1.75 bits per heavy atom. The minimum atomic E-state index is -1.47. The Morgan fingerprint density at radius 1 is 1.25 bits per heavy atom. The summed E-state index contributed by atoms with van der Waals surface area (Å²) in [6.45, 7) is 0.622. The molecule has 0 saturated carbocycles. The number of aliphatic hydroxyl groups is 4. The normalized spacial score (nSPS) is 18.4. The molecule has 3 atom stereocenters. The van der Waals surface area contributed by atoms with Crippen LogP contribution in [-0.2, 0) is 4.79 Å². The molecule has 0 fully saturated rings. The first kappa shape index (κ1) is 11.5. The van der Waals surface area contributed by atoms with Gasteiger partial charge in [0, 0.05) is 6.42 Å². The van der Waals surface area contributed by atoms with E-state index in [4.69, 9.17) is 20.4 Å². The maximum absolute atomic E-state index is 10.5. The van der Waals surface area contributed by atoms with Crippen LogP contribution in [0.1, 0.15) is 13.3 Å². The van der Waals surface area contributed by atoms with E-state index in [0.29, 0.717) is 0 Å². The lowest BCUT2D eigenvalue weighted by Gasteiger charge is -2.20. The molecular formula is C7H14O5. The van der Waals surface area contributed by atoms with Gasteiger partial charge in [-0.3, -0.25) is 4.79 Å². The standard InChI is InChI=1S/C7H14O5/c1-4(9)2-5(10)7(12)6(11)3-8/h5-8,10-12H,2-3H2,1H3/t5-,6-,7-/m1/s1. The predicted molar refractivity (Wildman–Crippen MR) is 40.4 cm³/mol. The summed E-state index contributed by atoms with van der Waals surface area (Å²) in [6.07, 6.45) is -4.42. The van der Waals surface area contributed by atoms with Crippen LogP contribution in [0.3, 0.4) is 0 Å². The fraction of sp³-hybridized carbons (Fsp3) is 0.857. The summed E-state index contributed by atoms with van der Waals surface area (Å²) >= 11 is 0. The van der Waals surface area contributed by atoms with E-state index in [-0.39, 0.29) is 12.2 Å². The van der Waals surface area contributed by atoms with Crippen molar-refractivity contribution >= 4 is 5.78 Å². The van der Waals surface area contributed by atoms with Crippen molar-refractivity contribution in [3.63, 3.8) is 0 Å². The molecule has 0 amide bonds. The number of aliphatic hydroxyl groups excluding tert-OH is 4. The molecule has 72 valence electrons. The van der Waals surface area contributed by atoms with Crippen LogP contribution < -0.4 is 0 Å². The fourth-order valence-corrected chi connectivity index (χ4v) is 0.780. The topological polar surface area (TPSA) is 98.0 Å². The van der Waals surface area contributed by atoms with Gasteiger partial charge in [0.2, 0.25) is 0 Å². The molecule has 0 aromatic carbocycles. The van der Waals surface area contributed by atoms with E-state index in [2.05, 4.69) is 0 Å². The van der Waals surface area contributed by atoms with Crippen LogP contribution in [-0.4, -0.2) is 51.1 Å². The average molecular weight is 178 g/mol. The van der Waals surface area contributed by atoms with Gasteiger partial charge in [0.1, 0.15) is 18.0 Å². The van der Waals surface area contributed by atoms with Gasteiger partial charge in [-0.1, -0.05) is 0 Å². The van der Waals surface area contributed by atoms with Gasteiger partial charge < -0.3 is 20.4 Å². The van der Waals surface area contributed by atoms with E-state index in [1.165, 1.54) is 6.92 Å². The Kier molecular flexibility index (Phi) is 5.00. The maximum Gasteiger partial charge on any atom is 0.132 e. The zero-order valence-corrected chi connectivity index (χ0v) is 6.84. The highest BCUT2D eigenvalue weighted by molar-refractivity contribution is 5.76. The van der Waals surface area contributed by atoms with Crippen molar-refractivity contribution in [1.82, 2.24) is 0 Å². The third-order valence-electron chi connectivity index (χ3n) is 1.47. The number of hydrogen-bond donors (Lipinski definition) is 4. The van der Waals surface area contributed by atoms with Gasteiger partial charge in [-0.2, -0.15) is 0 Å². The Morgan fingerprint density at radius 3 is 2.08 bits per heavy atom. The number of carbonyl (C=O) groups is 1. The second kappa shape index (κ2) is 5.21. The summed E-state index contributed by atoms with van der Waals surface area (Å²) < 4.78 is 0. The summed E-state index contributed by atoms with van der Waals surface area (Å²) in [5.74, 6) is -0.285. The van der Waals surface area contributed by atoms with Crippen LogP contribution in [0.4, 0.5) is 0 Å². The zero-order valence-electron chi connectivity index (χ0n) is 6.84. The Balaban J connectivity index is 3.91. The molecule has 0 aliphatic heterocycles. The number of carbonyl (C=O) groups excluding carboxylic acids is 1. The van der Waals surface area contributed by atoms with Gasteiger partial charge in [0.25, 0.3) is 0 Å². The highest BCUT2D eigenvalue weighted by Crippen LogP contribution is 2.04. The maximum atomic E-state index is 10.5. The van der Waals surface area contributed by atoms with E-state index < -0.39 is 24.9 Å². The third-order valence-corrected chi connectivity index (χ3v) is 1.47. The summed E-state index contributed by atoms with van der Waals surface area (Å²) in [7, 11) is 0. The van der Waals surface area contributed by atoms with E-state index in [0.717, 1.165) is 0 Å². The van der Waals surface area contributed by atoms with Crippen molar-refractivity contribution < 1.29 is 25.2 Å². The zero-order chi connectivity index (χ0) is 9.72. The Labute approximate surface area is 70.3 Å². The van der Waals surface area contributed by atoms with Gasteiger partial charge >= 0.3 is 0 Å². The number of rotatable bonds is 5. The monoisotopic (exact) mass is 178 g/mol. The van der Waals surface area contributed by atoms with Crippen molar-refractivity contribution in [3.8, 4) is 0 Å². The van der Waals surface area contributed by atoms with Crippen LogP contribution in [0, 0.1) is 0 Å². The summed E-state index contributed by atoms with van der Waals surface area (Å²) in [5, 5.41) is 35.3. The minimum absolute atomic E-state index is 0.224. The Bertz CT molecular complexity index is 147. The molecule has 0 aliphatic rings. The summed E-state index contributed by atoms with van der Waals surface area (Å²) in [6, 6.07) is 0. The number of Topliss-reactive ketones (excluding diaryl/α,β-unsaturated/α-hetero) is 1. The molecule has 0 aromatic rings. The average Bonchev–Trinajstić information content (AvgIpc) is 2.00. The molecule has 0 saturated heterocycles. The van der Waals surface area contributed by atoms with Gasteiger partial charge in [-0.05, 0) is 6.92 Å². The molecule has 0 bridgehead atoms. The minimum Gasteiger partial charge on any atom is -0.394 e. The molecule has 0 aromatic heterocycles. The van der Waals surface area contributed by atoms with E-state index in [9.17, 15) is 4.79 Å². The second-order valence-corrected chi connectivity index (χ2v) is 2.71. The van der Waals surface area contributed by atoms with Crippen molar-refractivity contribution in [2.24, 2.45) is 0 Å². The Hall–Kier alpha value is -0.490. The quantitative estimate of drug-likeness (QED) is 0.392. The van der Waals surface area contributed by atoms with Crippen molar-refractivity contribution in [2.45, 2.75) is 31.7 Å². The van der Waals surface area contributed by atoms with Gasteiger partial charge in [-0.15, -0.1) is 0 Å². The second-order valence-electron chi connectivity index (χ2n) is 2.71. The van der Waals surface area contributed by atoms with Gasteiger partial charge in [0.05, 0.1) is 12.7 Å². The number of hydrogen-bond acceptors (Lipinski definition) is 5. The van der Waals surface area contributed by atoms with Crippen LogP contribution in [0.25, 0.3) is 0 Å². The molecule has 5 nitrogen and oxygen atoms in total. The number of ketones is 1. The van der Waals surface area contributed by atoms with E-state index in [1.807, 2.05) is 0 Å². The molecule has 4 N–H and O–H groups in total. The molecule has 0 aliphatic carbocycles. The first-order chi connectivity index (χ1) is 5.49. The van der Waals surface area contributed by atoms with Crippen molar-refractivity contribution in [2.75, 3.05) is 6.61 Å². The van der Waals surface area contributed by atoms with Crippen LogP contribution in [0.5, 0.6) is 0 Å². The van der Waals surface area contributed by atoms with Crippen LogP contribution >= 0.6 is 0 Å². The molecule has 0 radical (unpaired) electrons. The highest BCUT2D eigenvalue weighted by Gasteiger charge is 2.24. The van der Waals surface area contributed by atoms with Crippen molar-refractivity contribution in [3.05, 3.63) is 0 Å². The first-order valence-corrected chi connectivity index (χ1v) is 3.63. The molecule has 0 heterocycles. The lowest BCUT2D eigenvalue weighted by molar-refractivity contribution is -0.124. The lowest BCUT2D eigenvalue weighted by atomic mass is 10.0. The van der Waals surface area contributed by atoms with Gasteiger partial charge in [0.15, 0.2) is 0 Å². The largest absolute Gasteiger partial charge is 0.394 e. The molecular weight excluding hydrogens is 164 g/mol. The lowest BCUT2D eigenvalue weighted by Crippen LogP contribution is -2.40. The van der Waals surface area contributed by atoms with E-state index >= 15 is 0 Å². The fourth-order valence-electron chi connectivity index (χ4n) is 0.780. The van der Waals surface area contributed by atoms with Gasteiger partial charge in [-0.25, -0.2) is 0 Å². The summed E-state index contributed by atoms with van der Waals surface area (Å²) in [5.41, 5.74) is 0. The SMILES string of the molecule is CC(=O)C[C@@H](O)[C@@H](O)[C@H](O)CO. The van der Waals surface area contributed by atoms with Crippen molar-refractivity contribution in [1.29, 1.82) is 0 Å². The smallest absolute Gasteiger partial charge is 0.132 e. The third kappa shape index (κ3) is 3.77. The summed E-state index contributed by atoms with van der Waals surface area (Å²) in [4.78, 5) is 10.5. The predicted octanol–water partition coefficient (Wildman–Crippen LogP) is -1.96.